The minimum Gasteiger partial charge on any atom is -0.355 e. The molecule has 0 aromatic rings. The lowest BCUT2D eigenvalue weighted by atomic mass is 9.72. The van der Waals surface area contributed by atoms with Crippen molar-refractivity contribution in [3.8, 4) is 0 Å². The molecule has 2 amide bonds. The minimum atomic E-state index is -0.120. The Morgan fingerprint density at radius 1 is 1.17 bits per heavy atom. The predicted octanol–water partition coefficient (Wildman–Crippen LogP) is 2.30. The Hall–Kier alpha value is -1.10. The van der Waals surface area contributed by atoms with Crippen molar-refractivity contribution in [1.82, 2.24) is 10.6 Å². The molecule has 2 rings (SSSR count). The standard InChI is InChI=1S/C17H31N3O2.C2H6/c1-9-5-13(12(4)15(18)6-9)16(21)19-8-14-10(2)7-11(3)20-17(14)22;1-2/h9-15H,5-8,18H2,1-4H3,(H,19,21)(H,20,22);1-2H3. The lowest BCUT2D eigenvalue weighted by molar-refractivity contribution is -0.131. The average Bonchev–Trinajstić information content (AvgIpc) is 2.51. The molecule has 4 N–H and O–H groups in total. The van der Waals surface area contributed by atoms with E-state index >= 15 is 0 Å². The van der Waals surface area contributed by atoms with E-state index in [1.165, 1.54) is 0 Å². The monoisotopic (exact) mass is 339 g/mol. The summed E-state index contributed by atoms with van der Waals surface area (Å²) in [6.07, 6.45) is 2.85. The largest absolute Gasteiger partial charge is 0.355 e. The van der Waals surface area contributed by atoms with Crippen LogP contribution in [0, 0.1) is 29.6 Å². The number of carbonyl (C=O) groups excluding carboxylic acids is 2. The van der Waals surface area contributed by atoms with Crippen molar-refractivity contribution < 1.29 is 9.59 Å². The van der Waals surface area contributed by atoms with E-state index in [9.17, 15) is 9.59 Å². The van der Waals surface area contributed by atoms with Crippen LogP contribution in [0.2, 0.25) is 0 Å². The zero-order chi connectivity index (χ0) is 18.4. The van der Waals surface area contributed by atoms with E-state index in [1.54, 1.807) is 0 Å². The van der Waals surface area contributed by atoms with Gasteiger partial charge in [0.25, 0.3) is 0 Å². The summed E-state index contributed by atoms with van der Waals surface area (Å²) in [7, 11) is 0. The lowest BCUT2D eigenvalue weighted by Crippen LogP contribution is -2.52. The highest BCUT2D eigenvalue weighted by Gasteiger charge is 2.37. The van der Waals surface area contributed by atoms with Crippen molar-refractivity contribution in [3.63, 3.8) is 0 Å². The molecule has 1 heterocycles. The number of amides is 2. The molecule has 0 aromatic heterocycles. The normalized spacial score (nSPS) is 39.3. The van der Waals surface area contributed by atoms with Crippen LogP contribution in [0.5, 0.6) is 0 Å². The Labute approximate surface area is 147 Å². The maximum absolute atomic E-state index is 12.5. The topological polar surface area (TPSA) is 84.2 Å². The zero-order valence-corrected chi connectivity index (χ0v) is 16.3. The molecule has 1 aliphatic heterocycles. The van der Waals surface area contributed by atoms with Crippen LogP contribution in [0.4, 0.5) is 0 Å². The summed E-state index contributed by atoms with van der Waals surface area (Å²) < 4.78 is 0. The SMILES string of the molecule is CC.CC1CC(N)C(C)C(C(=O)NCC2C(=O)NC(C)CC2C)C1. The number of piperidine rings is 1. The first-order chi connectivity index (χ1) is 11.3. The molecule has 0 bridgehead atoms. The summed E-state index contributed by atoms with van der Waals surface area (Å²) in [6.45, 7) is 12.8. The van der Waals surface area contributed by atoms with Crippen LogP contribution in [-0.2, 0) is 9.59 Å². The van der Waals surface area contributed by atoms with Gasteiger partial charge >= 0.3 is 0 Å². The van der Waals surface area contributed by atoms with Crippen molar-refractivity contribution in [3.05, 3.63) is 0 Å². The van der Waals surface area contributed by atoms with E-state index in [-0.39, 0.29) is 41.7 Å². The van der Waals surface area contributed by atoms with Crippen LogP contribution in [0.15, 0.2) is 0 Å². The van der Waals surface area contributed by atoms with Crippen molar-refractivity contribution in [1.29, 1.82) is 0 Å². The number of carbonyl (C=O) groups is 2. The van der Waals surface area contributed by atoms with Crippen LogP contribution < -0.4 is 16.4 Å². The molecule has 1 aliphatic carbocycles. The van der Waals surface area contributed by atoms with Crippen molar-refractivity contribution in [2.45, 2.75) is 72.9 Å². The van der Waals surface area contributed by atoms with Crippen LogP contribution in [-0.4, -0.2) is 30.4 Å². The second-order valence-corrected chi connectivity index (χ2v) is 7.68. The molecule has 2 aliphatic rings. The van der Waals surface area contributed by atoms with E-state index in [0.717, 1.165) is 19.3 Å². The highest BCUT2D eigenvalue weighted by Crippen LogP contribution is 2.33. The van der Waals surface area contributed by atoms with Gasteiger partial charge < -0.3 is 16.4 Å². The van der Waals surface area contributed by atoms with Gasteiger partial charge in [0.1, 0.15) is 0 Å². The maximum Gasteiger partial charge on any atom is 0.225 e. The quantitative estimate of drug-likeness (QED) is 0.737. The highest BCUT2D eigenvalue weighted by atomic mass is 16.2. The van der Waals surface area contributed by atoms with E-state index in [2.05, 4.69) is 31.4 Å². The van der Waals surface area contributed by atoms with Crippen LogP contribution in [0.3, 0.4) is 0 Å². The third-order valence-corrected chi connectivity index (χ3v) is 5.61. The summed E-state index contributed by atoms with van der Waals surface area (Å²) in [5.41, 5.74) is 6.15. The van der Waals surface area contributed by atoms with Gasteiger partial charge in [-0.3, -0.25) is 9.59 Å². The first-order valence-electron chi connectivity index (χ1n) is 9.63. The van der Waals surface area contributed by atoms with Crippen molar-refractivity contribution in [2.24, 2.45) is 35.3 Å². The van der Waals surface area contributed by atoms with Gasteiger partial charge in [-0.25, -0.2) is 0 Å². The molecule has 140 valence electrons. The minimum absolute atomic E-state index is 0.0281. The molecular formula is C19H37N3O2. The molecular weight excluding hydrogens is 302 g/mol. The fraction of sp³-hybridized carbons (Fsp3) is 0.895. The third kappa shape index (κ3) is 5.20. The molecule has 0 spiro atoms. The van der Waals surface area contributed by atoms with E-state index in [4.69, 9.17) is 5.73 Å². The van der Waals surface area contributed by atoms with E-state index in [1.807, 2.05) is 20.8 Å². The Bertz CT molecular complexity index is 427. The summed E-state index contributed by atoms with van der Waals surface area (Å²) in [4.78, 5) is 24.6. The first-order valence-corrected chi connectivity index (χ1v) is 9.63. The maximum atomic E-state index is 12.5. The summed E-state index contributed by atoms with van der Waals surface area (Å²) in [6, 6.07) is 0.323. The Balaban J connectivity index is 0.00000139. The Morgan fingerprint density at radius 3 is 2.38 bits per heavy atom. The number of hydrogen-bond acceptors (Lipinski definition) is 3. The number of nitrogens with two attached hydrogens (primary N) is 1. The second-order valence-electron chi connectivity index (χ2n) is 7.68. The third-order valence-electron chi connectivity index (χ3n) is 5.61. The first kappa shape index (κ1) is 20.9. The molecule has 2 fully saturated rings. The van der Waals surface area contributed by atoms with Crippen molar-refractivity contribution in [2.75, 3.05) is 6.54 Å². The van der Waals surface area contributed by atoms with Gasteiger partial charge in [0.15, 0.2) is 0 Å². The van der Waals surface area contributed by atoms with Crippen LogP contribution in [0.1, 0.15) is 60.8 Å². The zero-order valence-electron chi connectivity index (χ0n) is 16.3. The Morgan fingerprint density at radius 2 is 1.79 bits per heavy atom. The van der Waals surface area contributed by atoms with Crippen molar-refractivity contribution >= 4 is 11.8 Å². The second kappa shape index (κ2) is 9.40. The highest BCUT2D eigenvalue weighted by molar-refractivity contribution is 5.82. The Kier molecular flexibility index (Phi) is 8.20. The molecule has 24 heavy (non-hydrogen) atoms. The molecule has 7 atom stereocenters. The summed E-state index contributed by atoms with van der Waals surface area (Å²) >= 11 is 0. The number of nitrogens with one attached hydrogen (secondary N) is 2. The van der Waals surface area contributed by atoms with Crippen LogP contribution in [0.25, 0.3) is 0 Å². The van der Waals surface area contributed by atoms with Gasteiger partial charge in [0.2, 0.25) is 11.8 Å². The smallest absolute Gasteiger partial charge is 0.225 e. The van der Waals surface area contributed by atoms with Crippen LogP contribution >= 0.6 is 0 Å². The van der Waals surface area contributed by atoms with E-state index < -0.39 is 0 Å². The van der Waals surface area contributed by atoms with Gasteiger partial charge in [-0.05, 0) is 43.9 Å². The van der Waals surface area contributed by atoms with Gasteiger partial charge in [-0.1, -0.05) is 34.6 Å². The average molecular weight is 340 g/mol. The summed E-state index contributed by atoms with van der Waals surface area (Å²) in [5.74, 6) is 0.966. The summed E-state index contributed by atoms with van der Waals surface area (Å²) in [5, 5.41) is 5.99. The molecule has 0 radical (unpaired) electrons. The predicted molar refractivity (Wildman–Crippen MR) is 98.3 cm³/mol. The van der Waals surface area contributed by atoms with E-state index in [0.29, 0.717) is 18.4 Å². The molecule has 7 unspecified atom stereocenters. The van der Waals surface area contributed by atoms with Gasteiger partial charge in [-0.15, -0.1) is 0 Å². The molecule has 5 heteroatoms. The fourth-order valence-electron chi connectivity index (χ4n) is 4.09. The molecule has 5 nitrogen and oxygen atoms in total. The lowest BCUT2D eigenvalue weighted by Gasteiger charge is -2.37. The fourth-order valence-corrected chi connectivity index (χ4v) is 4.09. The number of hydrogen-bond donors (Lipinski definition) is 3. The molecule has 0 aromatic carbocycles. The van der Waals surface area contributed by atoms with Gasteiger partial charge in [0, 0.05) is 24.5 Å². The molecule has 1 saturated heterocycles. The van der Waals surface area contributed by atoms with Gasteiger partial charge in [-0.2, -0.15) is 0 Å². The molecule has 1 saturated carbocycles. The number of rotatable bonds is 3. The van der Waals surface area contributed by atoms with Gasteiger partial charge in [0.05, 0.1) is 5.92 Å².